The number of ether oxygens (including phenoxy) is 1. The highest BCUT2D eigenvalue weighted by Gasteiger charge is 2.31. The number of anilines is 1. The van der Waals surface area contributed by atoms with E-state index in [2.05, 4.69) is 5.32 Å². The van der Waals surface area contributed by atoms with Crippen molar-refractivity contribution in [3.8, 4) is 5.75 Å². The number of halogens is 2. The Morgan fingerprint density at radius 2 is 1.67 bits per heavy atom. The Morgan fingerprint density at radius 1 is 1.00 bits per heavy atom. The number of benzene rings is 3. The highest BCUT2D eigenvalue weighted by Crippen LogP contribution is 2.26. The highest BCUT2D eigenvalue weighted by molar-refractivity contribution is 7.92. The van der Waals surface area contributed by atoms with E-state index in [1.807, 2.05) is 30.3 Å². The smallest absolute Gasteiger partial charge is 0.244 e. The largest absolute Gasteiger partial charge is 0.489 e. The lowest BCUT2D eigenvalue weighted by Gasteiger charge is -2.32. The first-order chi connectivity index (χ1) is 18.5. The van der Waals surface area contributed by atoms with Crippen LogP contribution in [0.25, 0.3) is 0 Å². The minimum atomic E-state index is -3.86. The van der Waals surface area contributed by atoms with Crippen LogP contribution < -0.4 is 14.4 Å². The normalized spacial score (nSPS) is 11.9. The first kappa shape index (κ1) is 30.3. The SMILES string of the molecule is CCC(C(=O)NC)N(Cc1ccc(Cl)cc1Cl)C(=O)CN(c1ccc(OCc2ccccc2)cc1)S(C)(=O)=O. The van der Waals surface area contributed by atoms with Gasteiger partial charge >= 0.3 is 0 Å². The first-order valence-corrected chi connectivity index (χ1v) is 14.8. The van der Waals surface area contributed by atoms with E-state index in [1.54, 1.807) is 49.4 Å². The second-order valence-corrected chi connectivity index (χ2v) is 11.6. The van der Waals surface area contributed by atoms with Crippen molar-refractivity contribution in [2.24, 2.45) is 0 Å². The molecule has 2 amide bonds. The van der Waals surface area contributed by atoms with Gasteiger partial charge in [0.05, 0.1) is 11.9 Å². The quantitative estimate of drug-likeness (QED) is 0.323. The van der Waals surface area contributed by atoms with Gasteiger partial charge in [0.15, 0.2) is 0 Å². The molecule has 208 valence electrons. The van der Waals surface area contributed by atoms with Gasteiger partial charge in [-0.15, -0.1) is 0 Å². The molecule has 0 radical (unpaired) electrons. The lowest BCUT2D eigenvalue weighted by Crippen LogP contribution is -2.51. The molecule has 11 heteroatoms. The van der Waals surface area contributed by atoms with E-state index in [1.165, 1.54) is 11.9 Å². The summed E-state index contributed by atoms with van der Waals surface area (Å²) >= 11 is 12.4. The van der Waals surface area contributed by atoms with Gasteiger partial charge in [0.2, 0.25) is 21.8 Å². The van der Waals surface area contributed by atoms with Crippen LogP contribution in [0.2, 0.25) is 10.0 Å². The standard InChI is InChI=1S/C28H31Cl2N3O5S/c1-4-26(28(35)31-2)32(17-21-10-11-22(29)16-25(21)30)27(34)18-33(39(3,36)37)23-12-14-24(15-13-23)38-19-20-8-6-5-7-9-20/h5-16,26H,4,17-19H2,1-3H3,(H,31,35). The molecule has 3 aromatic rings. The van der Waals surface area contributed by atoms with Gasteiger partial charge in [0, 0.05) is 23.6 Å². The Labute approximate surface area is 239 Å². The molecule has 0 fully saturated rings. The Bertz CT molecular complexity index is 1390. The summed E-state index contributed by atoms with van der Waals surface area (Å²) in [7, 11) is -2.38. The average Bonchev–Trinajstić information content (AvgIpc) is 2.91. The number of hydrogen-bond acceptors (Lipinski definition) is 5. The molecule has 1 unspecified atom stereocenters. The van der Waals surface area contributed by atoms with Crippen molar-refractivity contribution < 1.29 is 22.7 Å². The molecule has 1 atom stereocenters. The fourth-order valence-electron chi connectivity index (χ4n) is 3.98. The van der Waals surface area contributed by atoms with Gasteiger partial charge in [-0.1, -0.05) is 66.5 Å². The number of sulfonamides is 1. The van der Waals surface area contributed by atoms with Crippen molar-refractivity contribution in [3.05, 3.63) is 94.0 Å². The van der Waals surface area contributed by atoms with Gasteiger partial charge in [-0.3, -0.25) is 13.9 Å². The number of carbonyl (C=O) groups is 2. The van der Waals surface area contributed by atoms with Crippen molar-refractivity contribution in [3.63, 3.8) is 0 Å². The fourth-order valence-corrected chi connectivity index (χ4v) is 5.30. The van der Waals surface area contributed by atoms with Crippen molar-refractivity contribution in [1.82, 2.24) is 10.2 Å². The zero-order chi connectivity index (χ0) is 28.6. The Hall–Kier alpha value is -3.27. The van der Waals surface area contributed by atoms with Gasteiger partial charge in [0.25, 0.3) is 0 Å². The van der Waals surface area contributed by atoms with Gasteiger partial charge in [-0.25, -0.2) is 8.42 Å². The molecule has 1 N–H and O–H groups in total. The first-order valence-electron chi connectivity index (χ1n) is 12.2. The molecule has 3 aromatic carbocycles. The number of likely N-dealkylation sites (N-methyl/N-ethyl adjacent to an activating group) is 1. The van der Waals surface area contributed by atoms with E-state index >= 15 is 0 Å². The maximum Gasteiger partial charge on any atom is 0.244 e. The van der Waals surface area contributed by atoms with Crippen LogP contribution in [0.15, 0.2) is 72.8 Å². The molecule has 0 spiro atoms. The molecule has 8 nitrogen and oxygen atoms in total. The third-order valence-corrected chi connectivity index (χ3v) is 7.77. The summed E-state index contributed by atoms with van der Waals surface area (Å²) < 4.78 is 32.3. The molecular weight excluding hydrogens is 561 g/mol. The van der Waals surface area contributed by atoms with E-state index < -0.39 is 28.5 Å². The molecule has 0 aliphatic rings. The minimum absolute atomic E-state index is 0.00930. The van der Waals surface area contributed by atoms with Gasteiger partial charge in [0.1, 0.15) is 24.9 Å². The molecule has 0 aromatic heterocycles. The summed E-state index contributed by atoms with van der Waals surface area (Å²) in [6.07, 6.45) is 1.33. The molecule has 0 aliphatic heterocycles. The van der Waals surface area contributed by atoms with Crippen LogP contribution in [0, 0.1) is 0 Å². The van der Waals surface area contributed by atoms with Crippen LogP contribution in [0.5, 0.6) is 5.75 Å². The Balaban J connectivity index is 1.85. The summed E-state index contributed by atoms with van der Waals surface area (Å²) in [4.78, 5) is 27.7. The molecule has 0 aliphatic carbocycles. The van der Waals surface area contributed by atoms with Crippen LogP contribution in [0.4, 0.5) is 5.69 Å². The van der Waals surface area contributed by atoms with Crippen LogP contribution in [0.3, 0.4) is 0 Å². The maximum atomic E-state index is 13.6. The van der Waals surface area contributed by atoms with Gasteiger partial charge < -0.3 is 15.0 Å². The summed E-state index contributed by atoms with van der Waals surface area (Å²) in [5.74, 6) is -0.389. The minimum Gasteiger partial charge on any atom is -0.489 e. The number of hydrogen-bond donors (Lipinski definition) is 1. The number of nitrogens with one attached hydrogen (secondary N) is 1. The number of amides is 2. The monoisotopic (exact) mass is 591 g/mol. The third-order valence-electron chi connectivity index (χ3n) is 6.04. The van der Waals surface area contributed by atoms with Crippen LogP contribution in [-0.2, 0) is 32.8 Å². The van der Waals surface area contributed by atoms with E-state index in [4.69, 9.17) is 27.9 Å². The molecule has 0 bridgehead atoms. The van der Waals surface area contributed by atoms with E-state index in [9.17, 15) is 18.0 Å². The third kappa shape index (κ3) is 8.36. The number of rotatable bonds is 12. The zero-order valence-electron chi connectivity index (χ0n) is 21.9. The number of nitrogens with zero attached hydrogens (tertiary/aromatic N) is 2. The lowest BCUT2D eigenvalue weighted by atomic mass is 10.1. The second-order valence-electron chi connectivity index (χ2n) is 8.83. The van der Waals surface area contributed by atoms with Crippen LogP contribution in [0.1, 0.15) is 24.5 Å². The molecule has 39 heavy (non-hydrogen) atoms. The topological polar surface area (TPSA) is 96.0 Å². The summed E-state index contributed by atoms with van der Waals surface area (Å²) in [5, 5.41) is 3.33. The summed E-state index contributed by atoms with van der Waals surface area (Å²) in [5.41, 5.74) is 1.85. The van der Waals surface area contributed by atoms with Crippen molar-refractivity contribution in [2.75, 3.05) is 24.2 Å². The molecule has 0 saturated heterocycles. The predicted molar refractivity (Wildman–Crippen MR) is 155 cm³/mol. The van der Waals surface area contributed by atoms with E-state index in [0.29, 0.717) is 34.4 Å². The fraction of sp³-hybridized carbons (Fsp3) is 0.286. The Kier molecular flexibility index (Phi) is 10.6. The highest BCUT2D eigenvalue weighted by atomic mass is 35.5. The van der Waals surface area contributed by atoms with E-state index in [0.717, 1.165) is 16.1 Å². The Morgan fingerprint density at radius 3 is 2.23 bits per heavy atom. The zero-order valence-corrected chi connectivity index (χ0v) is 24.3. The molecular formula is C28H31Cl2N3O5S. The number of carbonyl (C=O) groups excluding carboxylic acids is 2. The van der Waals surface area contributed by atoms with Gasteiger partial charge in [-0.2, -0.15) is 0 Å². The second kappa shape index (κ2) is 13.7. The molecule has 3 rings (SSSR count). The summed E-state index contributed by atoms with van der Waals surface area (Å²) in [6, 6.07) is 20.1. The van der Waals surface area contributed by atoms with Crippen molar-refractivity contribution in [2.45, 2.75) is 32.5 Å². The van der Waals surface area contributed by atoms with Crippen molar-refractivity contribution in [1.29, 1.82) is 0 Å². The van der Waals surface area contributed by atoms with Crippen LogP contribution >= 0.6 is 23.2 Å². The summed E-state index contributed by atoms with van der Waals surface area (Å²) in [6.45, 7) is 1.60. The van der Waals surface area contributed by atoms with Gasteiger partial charge in [-0.05, 0) is 53.9 Å². The van der Waals surface area contributed by atoms with Crippen molar-refractivity contribution >= 4 is 50.7 Å². The predicted octanol–water partition coefficient (Wildman–Crippen LogP) is 4.89. The average molecular weight is 593 g/mol. The lowest BCUT2D eigenvalue weighted by molar-refractivity contribution is -0.140. The maximum absolute atomic E-state index is 13.6. The van der Waals surface area contributed by atoms with E-state index in [-0.39, 0.29) is 18.1 Å². The van der Waals surface area contributed by atoms with Crippen LogP contribution in [-0.4, -0.2) is 51.0 Å². The molecule has 0 heterocycles. The molecule has 0 saturated carbocycles.